The Morgan fingerprint density at radius 2 is 1.91 bits per heavy atom. The van der Waals surface area contributed by atoms with E-state index in [0.29, 0.717) is 0 Å². The maximum atomic E-state index is 12.2. The van der Waals surface area contributed by atoms with Crippen LogP contribution in [0.4, 0.5) is 0 Å². The minimum atomic E-state index is -0.451. The van der Waals surface area contributed by atoms with Crippen LogP contribution in [-0.2, 0) is 9.59 Å². The molecule has 3 N–H and O–H groups in total. The Morgan fingerprint density at radius 1 is 1.18 bits per heavy atom. The van der Waals surface area contributed by atoms with Crippen LogP contribution in [0.15, 0.2) is 47.8 Å². The number of amides is 2. The molecule has 2 amide bonds. The van der Waals surface area contributed by atoms with Gasteiger partial charge in [-0.25, -0.2) is 0 Å². The molecule has 0 saturated heterocycles. The van der Waals surface area contributed by atoms with E-state index in [2.05, 4.69) is 5.32 Å². The third-order valence-electron chi connectivity index (χ3n) is 3.11. The molecular weight excluding hydrogens is 298 g/mol. The fourth-order valence-corrected chi connectivity index (χ4v) is 3.00. The van der Waals surface area contributed by atoms with Crippen LogP contribution in [0, 0.1) is 0 Å². The Bertz CT molecular complexity index is 614. The van der Waals surface area contributed by atoms with Gasteiger partial charge in [0.15, 0.2) is 0 Å². The molecule has 0 saturated carbocycles. The molecule has 2 rings (SSSR count). The molecule has 0 fully saturated rings. The first kappa shape index (κ1) is 16.2. The van der Waals surface area contributed by atoms with E-state index in [1.54, 1.807) is 23.3 Å². The van der Waals surface area contributed by atoms with Crippen molar-refractivity contribution in [1.29, 1.82) is 0 Å². The van der Waals surface area contributed by atoms with Crippen LogP contribution in [0.1, 0.15) is 16.5 Å². The van der Waals surface area contributed by atoms with E-state index in [1.807, 2.05) is 47.8 Å². The lowest BCUT2D eigenvalue weighted by molar-refractivity contribution is -0.123. The summed E-state index contributed by atoms with van der Waals surface area (Å²) in [5, 5.41) is 5.00. The van der Waals surface area contributed by atoms with Gasteiger partial charge in [0.1, 0.15) is 0 Å². The van der Waals surface area contributed by atoms with Gasteiger partial charge in [0, 0.05) is 4.88 Å². The minimum absolute atomic E-state index is 0.0580. The zero-order chi connectivity index (χ0) is 15.9. The maximum Gasteiger partial charge on any atom is 0.234 e. The van der Waals surface area contributed by atoms with Gasteiger partial charge >= 0.3 is 0 Å². The van der Waals surface area contributed by atoms with Crippen molar-refractivity contribution in [2.24, 2.45) is 5.73 Å². The van der Waals surface area contributed by atoms with Gasteiger partial charge in [-0.1, -0.05) is 36.4 Å². The largest absolute Gasteiger partial charge is 0.369 e. The van der Waals surface area contributed by atoms with Gasteiger partial charge in [0.05, 0.1) is 19.1 Å². The number of hydrogen-bond acceptors (Lipinski definition) is 4. The fraction of sp³-hybridized carbons (Fsp3) is 0.250. The van der Waals surface area contributed by atoms with Crippen LogP contribution in [0.5, 0.6) is 0 Å². The first-order valence-electron chi connectivity index (χ1n) is 6.91. The highest BCUT2D eigenvalue weighted by atomic mass is 32.1. The number of rotatable bonds is 7. The Morgan fingerprint density at radius 3 is 2.50 bits per heavy atom. The van der Waals surface area contributed by atoms with Gasteiger partial charge in [-0.3, -0.25) is 14.5 Å². The SMILES string of the molecule is CN(CC(N)=O)CC(=O)NC(c1ccccc1)c1cccs1. The van der Waals surface area contributed by atoms with Crippen LogP contribution >= 0.6 is 11.3 Å². The lowest BCUT2D eigenvalue weighted by Gasteiger charge is -2.20. The normalized spacial score (nSPS) is 12.1. The monoisotopic (exact) mass is 317 g/mol. The summed E-state index contributed by atoms with van der Waals surface area (Å²) in [5.41, 5.74) is 6.15. The number of thiophene rings is 1. The van der Waals surface area contributed by atoms with Crippen molar-refractivity contribution in [3.8, 4) is 0 Å². The molecule has 2 aromatic rings. The number of hydrogen-bond donors (Lipinski definition) is 2. The van der Waals surface area contributed by atoms with Crippen molar-refractivity contribution in [2.75, 3.05) is 20.1 Å². The summed E-state index contributed by atoms with van der Waals surface area (Å²) in [4.78, 5) is 25.7. The zero-order valence-corrected chi connectivity index (χ0v) is 13.2. The second-order valence-electron chi connectivity index (χ2n) is 5.07. The second kappa shape index (κ2) is 7.72. The minimum Gasteiger partial charge on any atom is -0.369 e. The number of nitrogens with zero attached hydrogens (tertiary/aromatic N) is 1. The number of primary amides is 1. The molecule has 0 bridgehead atoms. The van der Waals surface area contributed by atoms with Crippen LogP contribution in [0.25, 0.3) is 0 Å². The van der Waals surface area contributed by atoms with Gasteiger partial charge in [0.25, 0.3) is 0 Å². The molecule has 0 aliphatic heterocycles. The number of nitrogens with one attached hydrogen (secondary N) is 1. The van der Waals surface area contributed by atoms with Gasteiger partial charge in [-0.05, 0) is 24.1 Å². The van der Waals surface area contributed by atoms with E-state index in [-0.39, 0.29) is 25.0 Å². The topological polar surface area (TPSA) is 75.4 Å². The van der Waals surface area contributed by atoms with E-state index in [4.69, 9.17) is 5.73 Å². The summed E-state index contributed by atoms with van der Waals surface area (Å²) in [6.07, 6.45) is 0. The van der Waals surface area contributed by atoms with Crippen molar-refractivity contribution in [1.82, 2.24) is 10.2 Å². The Balaban J connectivity index is 2.08. The molecule has 1 atom stereocenters. The predicted molar refractivity (Wildman–Crippen MR) is 87.4 cm³/mol. The van der Waals surface area contributed by atoms with Crippen molar-refractivity contribution < 1.29 is 9.59 Å². The number of nitrogens with two attached hydrogens (primary N) is 1. The van der Waals surface area contributed by atoms with Crippen LogP contribution in [-0.4, -0.2) is 36.9 Å². The molecule has 116 valence electrons. The molecule has 5 nitrogen and oxygen atoms in total. The van der Waals surface area contributed by atoms with Crippen molar-refractivity contribution >= 4 is 23.2 Å². The molecular formula is C16H19N3O2S. The average molecular weight is 317 g/mol. The maximum absolute atomic E-state index is 12.2. The summed E-state index contributed by atoms with van der Waals surface area (Å²) < 4.78 is 0. The van der Waals surface area contributed by atoms with E-state index < -0.39 is 5.91 Å². The molecule has 0 spiro atoms. The Labute approximate surface area is 133 Å². The molecule has 6 heteroatoms. The number of benzene rings is 1. The predicted octanol–water partition coefficient (Wildman–Crippen LogP) is 1.37. The third kappa shape index (κ3) is 4.68. The zero-order valence-electron chi connectivity index (χ0n) is 12.4. The standard InChI is InChI=1S/C16H19N3O2S/c1-19(10-14(17)20)11-15(21)18-16(13-8-5-9-22-13)12-6-3-2-4-7-12/h2-9,16H,10-11H2,1H3,(H2,17,20)(H,18,21). The summed E-state index contributed by atoms with van der Waals surface area (Å²) >= 11 is 1.59. The highest BCUT2D eigenvalue weighted by Gasteiger charge is 2.18. The summed E-state index contributed by atoms with van der Waals surface area (Å²) in [7, 11) is 1.69. The van der Waals surface area contributed by atoms with Crippen LogP contribution in [0.2, 0.25) is 0 Å². The van der Waals surface area contributed by atoms with Gasteiger partial charge in [0.2, 0.25) is 11.8 Å². The third-order valence-corrected chi connectivity index (χ3v) is 4.04. The van der Waals surface area contributed by atoms with Crippen molar-refractivity contribution in [3.05, 3.63) is 58.3 Å². The second-order valence-corrected chi connectivity index (χ2v) is 6.04. The van der Waals surface area contributed by atoms with Crippen LogP contribution in [0.3, 0.4) is 0 Å². The smallest absolute Gasteiger partial charge is 0.234 e. The lowest BCUT2D eigenvalue weighted by atomic mass is 10.1. The average Bonchev–Trinajstić information content (AvgIpc) is 2.98. The Hall–Kier alpha value is -2.18. The molecule has 0 radical (unpaired) electrons. The van der Waals surface area contributed by atoms with Crippen molar-refractivity contribution in [2.45, 2.75) is 6.04 Å². The Kier molecular flexibility index (Phi) is 5.68. The molecule has 1 aromatic carbocycles. The van der Waals surface area contributed by atoms with E-state index >= 15 is 0 Å². The molecule has 0 aliphatic carbocycles. The highest BCUT2D eigenvalue weighted by molar-refractivity contribution is 7.10. The first-order chi connectivity index (χ1) is 10.6. The number of likely N-dealkylation sites (N-methyl/N-ethyl adjacent to an activating group) is 1. The van der Waals surface area contributed by atoms with Gasteiger partial charge < -0.3 is 11.1 Å². The first-order valence-corrected chi connectivity index (χ1v) is 7.79. The van der Waals surface area contributed by atoms with E-state index in [1.165, 1.54) is 0 Å². The van der Waals surface area contributed by atoms with E-state index in [0.717, 1.165) is 10.4 Å². The number of carbonyl (C=O) groups is 2. The highest BCUT2D eigenvalue weighted by Crippen LogP contribution is 2.25. The van der Waals surface area contributed by atoms with Gasteiger partial charge in [-0.15, -0.1) is 11.3 Å². The van der Waals surface area contributed by atoms with E-state index in [9.17, 15) is 9.59 Å². The van der Waals surface area contributed by atoms with Crippen molar-refractivity contribution in [3.63, 3.8) is 0 Å². The number of carbonyl (C=O) groups excluding carboxylic acids is 2. The molecule has 22 heavy (non-hydrogen) atoms. The summed E-state index contributed by atoms with van der Waals surface area (Å²) in [6, 6.07) is 13.6. The van der Waals surface area contributed by atoms with Gasteiger partial charge in [-0.2, -0.15) is 0 Å². The lowest BCUT2D eigenvalue weighted by Crippen LogP contribution is -2.40. The summed E-state index contributed by atoms with van der Waals surface area (Å²) in [5.74, 6) is -0.598. The molecule has 1 heterocycles. The summed E-state index contributed by atoms with van der Waals surface area (Å²) in [6.45, 7) is 0.181. The molecule has 1 aromatic heterocycles. The quantitative estimate of drug-likeness (QED) is 0.810. The van der Waals surface area contributed by atoms with Crippen LogP contribution < -0.4 is 11.1 Å². The molecule has 1 unspecified atom stereocenters. The molecule has 0 aliphatic rings. The fourth-order valence-electron chi connectivity index (χ4n) is 2.19.